The smallest absolute Gasteiger partial charge is 0.127 e. The zero-order valence-electron chi connectivity index (χ0n) is 10.5. The first-order chi connectivity index (χ1) is 7.45. The number of rotatable bonds is 2. The number of benzene rings is 1. The number of hydrogen-bond acceptors (Lipinski definition) is 2. The van der Waals surface area contributed by atoms with Gasteiger partial charge in [-0.2, -0.15) is 0 Å². The fraction of sp³-hybridized carbons (Fsp3) is 0.385. The topological polar surface area (TPSA) is 9.23 Å². The molecule has 0 amide bonds. The highest BCUT2D eigenvalue weighted by molar-refractivity contribution is 7.31. The quantitative estimate of drug-likeness (QED) is 0.737. The van der Waals surface area contributed by atoms with Gasteiger partial charge in [-0.15, -0.1) is 11.3 Å². The SMILES string of the molecule is COc1cccc2sc([Si](C)(C)C)c(C)c12. The second-order valence-corrected chi connectivity index (χ2v) is 11.6. The van der Waals surface area contributed by atoms with Crippen molar-refractivity contribution in [1.29, 1.82) is 0 Å². The van der Waals surface area contributed by atoms with Crippen LogP contribution in [0.15, 0.2) is 18.2 Å². The van der Waals surface area contributed by atoms with Crippen LogP contribution in [0.25, 0.3) is 10.1 Å². The van der Waals surface area contributed by atoms with Crippen LogP contribution in [0.2, 0.25) is 19.6 Å². The van der Waals surface area contributed by atoms with Crippen molar-refractivity contribution in [1.82, 2.24) is 0 Å². The molecule has 0 aliphatic rings. The first kappa shape index (κ1) is 11.7. The lowest BCUT2D eigenvalue weighted by Gasteiger charge is -2.14. The van der Waals surface area contributed by atoms with Gasteiger partial charge in [-0.05, 0) is 29.1 Å². The summed E-state index contributed by atoms with van der Waals surface area (Å²) in [4.78, 5) is 0. The molecule has 2 aromatic rings. The summed E-state index contributed by atoms with van der Waals surface area (Å²) < 4.78 is 8.40. The van der Waals surface area contributed by atoms with Crippen molar-refractivity contribution in [2.24, 2.45) is 0 Å². The minimum absolute atomic E-state index is 1.01. The zero-order valence-corrected chi connectivity index (χ0v) is 12.4. The molecule has 0 saturated carbocycles. The van der Waals surface area contributed by atoms with E-state index in [4.69, 9.17) is 4.74 Å². The molecule has 1 aromatic heterocycles. The Balaban J connectivity index is 2.79. The van der Waals surface area contributed by atoms with Crippen LogP contribution in [0.3, 0.4) is 0 Å². The molecule has 1 aromatic carbocycles. The molecule has 3 heteroatoms. The average Bonchev–Trinajstić information content (AvgIpc) is 2.56. The van der Waals surface area contributed by atoms with Crippen LogP contribution < -0.4 is 9.24 Å². The fourth-order valence-electron chi connectivity index (χ4n) is 2.15. The van der Waals surface area contributed by atoms with E-state index in [1.807, 2.05) is 11.3 Å². The summed E-state index contributed by atoms with van der Waals surface area (Å²) in [6, 6.07) is 6.32. The summed E-state index contributed by atoms with van der Waals surface area (Å²) >= 11 is 1.94. The molecule has 0 aliphatic heterocycles. The lowest BCUT2D eigenvalue weighted by atomic mass is 10.2. The van der Waals surface area contributed by atoms with Crippen LogP contribution >= 0.6 is 11.3 Å². The number of ether oxygens (including phenoxy) is 1. The number of fused-ring (bicyclic) bond motifs is 1. The summed E-state index contributed by atoms with van der Waals surface area (Å²) in [7, 11) is 0.516. The molecule has 0 fully saturated rings. The Hall–Kier alpha value is -0.803. The van der Waals surface area contributed by atoms with Gasteiger partial charge in [0.1, 0.15) is 5.75 Å². The highest BCUT2D eigenvalue weighted by Crippen LogP contribution is 2.33. The molecule has 86 valence electrons. The van der Waals surface area contributed by atoms with Crippen LogP contribution in [0.1, 0.15) is 5.56 Å². The Morgan fingerprint density at radius 1 is 1.19 bits per heavy atom. The van der Waals surface area contributed by atoms with Crippen molar-refractivity contribution in [2.75, 3.05) is 7.11 Å². The average molecular weight is 250 g/mol. The normalized spacial score (nSPS) is 12.1. The van der Waals surface area contributed by atoms with E-state index >= 15 is 0 Å². The van der Waals surface area contributed by atoms with E-state index in [2.05, 4.69) is 44.8 Å². The Morgan fingerprint density at radius 3 is 2.44 bits per heavy atom. The van der Waals surface area contributed by atoms with Gasteiger partial charge in [-0.3, -0.25) is 0 Å². The van der Waals surface area contributed by atoms with Gasteiger partial charge in [-0.1, -0.05) is 25.7 Å². The maximum absolute atomic E-state index is 5.46. The first-order valence-corrected chi connectivity index (χ1v) is 9.83. The predicted octanol–water partition coefficient (Wildman–Crippen LogP) is 3.76. The minimum Gasteiger partial charge on any atom is -0.496 e. The molecule has 0 unspecified atom stereocenters. The lowest BCUT2D eigenvalue weighted by molar-refractivity contribution is 0.420. The summed E-state index contributed by atoms with van der Waals surface area (Å²) in [5.74, 6) is 1.01. The monoisotopic (exact) mass is 250 g/mol. The second-order valence-electron chi connectivity index (χ2n) is 5.14. The van der Waals surface area contributed by atoms with Gasteiger partial charge < -0.3 is 4.74 Å². The molecule has 0 spiro atoms. The molecule has 1 nitrogen and oxygen atoms in total. The Bertz CT molecular complexity index is 522. The number of methoxy groups -OCH3 is 1. The predicted molar refractivity (Wildman–Crippen MR) is 76.1 cm³/mol. The third kappa shape index (κ3) is 1.78. The maximum atomic E-state index is 5.46. The highest BCUT2D eigenvalue weighted by atomic mass is 32.1. The van der Waals surface area contributed by atoms with Gasteiger partial charge in [0, 0.05) is 10.1 Å². The molecule has 0 radical (unpaired) electrons. The van der Waals surface area contributed by atoms with Gasteiger partial charge in [0.25, 0.3) is 0 Å². The molecule has 0 atom stereocenters. The number of hydrogen-bond donors (Lipinski definition) is 0. The van der Waals surface area contributed by atoms with Crippen LogP contribution in [0.4, 0.5) is 0 Å². The summed E-state index contributed by atoms with van der Waals surface area (Å²) in [5.41, 5.74) is 1.43. The zero-order chi connectivity index (χ0) is 11.9. The molecule has 0 saturated heterocycles. The lowest BCUT2D eigenvalue weighted by Crippen LogP contribution is -2.36. The fourth-order valence-corrected chi connectivity index (χ4v) is 5.93. The van der Waals surface area contributed by atoms with Gasteiger partial charge in [-0.25, -0.2) is 0 Å². The molecule has 0 N–H and O–H groups in total. The summed E-state index contributed by atoms with van der Waals surface area (Å²) in [6.07, 6.45) is 0. The van der Waals surface area contributed by atoms with Crippen molar-refractivity contribution in [2.45, 2.75) is 26.6 Å². The standard InChI is InChI=1S/C13H18OSSi/c1-9-12-10(14-2)7-6-8-11(12)15-13(9)16(3,4)5/h6-8H,1-5H3. The van der Waals surface area contributed by atoms with E-state index in [9.17, 15) is 0 Å². The van der Waals surface area contributed by atoms with Crippen molar-refractivity contribution in [3.8, 4) is 5.75 Å². The largest absolute Gasteiger partial charge is 0.496 e. The highest BCUT2D eigenvalue weighted by Gasteiger charge is 2.23. The molecule has 0 aliphatic carbocycles. The molecule has 16 heavy (non-hydrogen) atoms. The van der Waals surface area contributed by atoms with E-state index in [0.29, 0.717) is 0 Å². The van der Waals surface area contributed by atoms with Crippen LogP contribution in [-0.2, 0) is 0 Å². The maximum Gasteiger partial charge on any atom is 0.127 e. The van der Waals surface area contributed by atoms with Gasteiger partial charge >= 0.3 is 0 Å². The summed E-state index contributed by atoms with van der Waals surface area (Å²) in [5, 5.41) is 1.31. The first-order valence-electron chi connectivity index (χ1n) is 5.51. The van der Waals surface area contributed by atoms with E-state index in [1.165, 1.54) is 15.6 Å². The number of aryl methyl sites for hydroxylation is 1. The van der Waals surface area contributed by atoms with E-state index in [0.717, 1.165) is 5.75 Å². The Morgan fingerprint density at radius 2 is 1.88 bits per heavy atom. The van der Waals surface area contributed by atoms with E-state index in [1.54, 1.807) is 11.6 Å². The van der Waals surface area contributed by atoms with Gasteiger partial charge in [0.2, 0.25) is 0 Å². The molecule has 1 heterocycles. The minimum atomic E-state index is -1.23. The molecule has 0 bridgehead atoms. The Labute approximate surface area is 102 Å². The van der Waals surface area contributed by atoms with Crippen molar-refractivity contribution in [3.05, 3.63) is 23.8 Å². The van der Waals surface area contributed by atoms with Crippen LogP contribution in [-0.4, -0.2) is 15.2 Å². The summed E-state index contributed by atoms with van der Waals surface area (Å²) in [6.45, 7) is 9.43. The molecular weight excluding hydrogens is 232 g/mol. The molecule has 2 rings (SSSR count). The van der Waals surface area contributed by atoms with E-state index < -0.39 is 8.07 Å². The van der Waals surface area contributed by atoms with Gasteiger partial charge in [0.15, 0.2) is 0 Å². The van der Waals surface area contributed by atoms with Gasteiger partial charge in [0.05, 0.1) is 15.2 Å². The third-order valence-corrected chi connectivity index (χ3v) is 7.77. The van der Waals surface area contributed by atoms with Crippen LogP contribution in [0, 0.1) is 6.92 Å². The molecular formula is C13H18OSSi. The van der Waals surface area contributed by atoms with Crippen molar-refractivity contribution < 1.29 is 4.74 Å². The second kappa shape index (κ2) is 3.89. The van der Waals surface area contributed by atoms with E-state index in [-0.39, 0.29) is 0 Å². The number of thiophene rings is 1. The Kier molecular flexibility index (Phi) is 2.84. The third-order valence-electron chi connectivity index (χ3n) is 2.82. The van der Waals surface area contributed by atoms with Crippen molar-refractivity contribution in [3.63, 3.8) is 0 Å². The van der Waals surface area contributed by atoms with Crippen LogP contribution in [0.5, 0.6) is 5.75 Å². The van der Waals surface area contributed by atoms with Crippen molar-refractivity contribution >= 4 is 34.0 Å².